The second kappa shape index (κ2) is 4.70. The van der Waals surface area contributed by atoms with Crippen molar-refractivity contribution in [1.29, 1.82) is 0 Å². The van der Waals surface area contributed by atoms with Crippen LogP contribution in [0.2, 0.25) is 0 Å². The molecule has 2 aromatic rings. The lowest BCUT2D eigenvalue weighted by Gasteiger charge is -2.01. The lowest BCUT2D eigenvalue weighted by atomic mass is 10.1. The van der Waals surface area contributed by atoms with Crippen LogP contribution in [0.4, 0.5) is 0 Å². The van der Waals surface area contributed by atoms with Gasteiger partial charge in [0.1, 0.15) is 0 Å². The third kappa shape index (κ3) is 2.45. The lowest BCUT2D eigenvalue weighted by Crippen LogP contribution is -1.91. The fourth-order valence-corrected chi connectivity index (χ4v) is 1.52. The highest BCUT2D eigenvalue weighted by molar-refractivity contribution is 5.94. The predicted octanol–water partition coefficient (Wildman–Crippen LogP) is 2.76. The van der Waals surface area contributed by atoms with E-state index in [-0.39, 0.29) is 5.78 Å². The monoisotopic (exact) mass is 225 g/mol. The Kier molecular flexibility index (Phi) is 3.10. The van der Waals surface area contributed by atoms with E-state index in [1.165, 1.54) is 13.1 Å². The van der Waals surface area contributed by atoms with Crippen LogP contribution in [0.15, 0.2) is 42.6 Å². The first-order valence-corrected chi connectivity index (χ1v) is 5.23. The minimum absolute atomic E-state index is 0.0424. The number of carbonyl (C=O) groups excluding carboxylic acids is 2. The fraction of sp³-hybridized carbons (Fsp3) is 0.0714. The van der Waals surface area contributed by atoms with Crippen LogP contribution in [-0.4, -0.2) is 17.1 Å². The highest BCUT2D eigenvalue weighted by Gasteiger charge is 2.02. The van der Waals surface area contributed by atoms with Gasteiger partial charge in [-0.3, -0.25) is 14.6 Å². The minimum Gasteiger partial charge on any atom is -0.298 e. The maximum atomic E-state index is 11.1. The molecule has 3 heteroatoms. The molecule has 0 saturated carbocycles. The highest BCUT2D eigenvalue weighted by Crippen LogP contribution is 2.17. The van der Waals surface area contributed by atoms with Crippen LogP contribution >= 0.6 is 0 Å². The quantitative estimate of drug-likeness (QED) is 0.596. The molecule has 0 aliphatic carbocycles. The van der Waals surface area contributed by atoms with Gasteiger partial charge in [0.2, 0.25) is 0 Å². The largest absolute Gasteiger partial charge is 0.298 e. The first kappa shape index (κ1) is 11.2. The summed E-state index contributed by atoms with van der Waals surface area (Å²) in [5, 5.41) is 0. The van der Waals surface area contributed by atoms with Crippen LogP contribution < -0.4 is 0 Å². The zero-order chi connectivity index (χ0) is 12.3. The van der Waals surface area contributed by atoms with Crippen molar-refractivity contribution >= 4 is 12.1 Å². The number of carbonyl (C=O) groups is 2. The molecule has 17 heavy (non-hydrogen) atoms. The molecule has 0 amide bonds. The molecular weight excluding hydrogens is 214 g/mol. The van der Waals surface area contributed by atoms with Gasteiger partial charge in [0.15, 0.2) is 12.1 Å². The van der Waals surface area contributed by atoms with Gasteiger partial charge in [0.05, 0.1) is 5.69 Å². The van der Waals surface area contributed by atoms with Crippen LogP contribution in [0.1, 0.15) is 27.6 Å². The number of Topliss-reactive ketones (excluding diaryl/α,β-unsaturated/α-hetero) is 1. The maximum absolute atomic E-state index is 11.1. The van der Waals surface area contributed by atoms with Gasteiger partial charge in [0, 0.05) is 22.9 Å². The molecule has 0 spiro atoms. The van der Waals surface area contributed by atoms with Gasteiger partial charge in [0.25, 0.3) is 0 Å². The topological polar surface area (TPSA) is 47.0 Å². The molecule has 84 valence electrons. The molecule has 0 aliphatic rings. The Bertz CT molecular complexity index is 541. The molecule has 0 radical (unpaired) electrons. The van der Waals surface area contributed by atoms with Crippen LogP contribution in [0.3, 0.4) is 0 Å². The van der Waals surface area contributed by atoms with Crippen LogP contribution in [-0.2, 0) is 0 Å². The Morgan fingerprint density at radius 1 is 1.12 bits per heavy atom. The SMILES string of the molecule is CC(=O)c1ccc(-c2ccc(C=O)cn2)cc1. The summed E-state index contributed by atoms with van der Waals surface area (Å²) < 4.78 is 0. The number of hydrogen-bond donors (Lipinski definition) is 0. The summed E-state index contributed by atoms with van der Waals surface area (Å²) in [4.78, 5) is 25.8. The van der Waals surface area contributed by atoms with E-state index in [4.69, 9.17) is 0 Å². The van der Waals surface area contributed by atoms with Gasteiger partial charge in [-0.2, -0.15) is 0 Å². The fourth-order valence-electron chi connectivity index (χ4n) is 1.52. The van der Waals surface area contributed by atoms with Crippen LogP contribution in [0, 0.1) is 0 Å². The molecule has 0 bridgehead atoms. The molecular formula is C14H11NO2. The molecule has 0 atom stereocenters. The van der Waals surface area contributed by atoms with Crippen LogP contribution in [0.25, 0.3) is 11.3 Å². The number of benzene rings is 1. The van der Waals surface area contributed by atoms with Crippen molar-refractivity contribution in [3.63, 3.8) is 0 Å². The Labute approximate surface area is 99.1 Å². The van der Waals surface area contributed by atoms with Gasteiger partial charge in [-0.15, -0.1) is 0 Å². The molecule has 1 aromatic heterocycles. The summed E-state index contributed by atoms with van der Waals surface area (Å²) in [7, 11) is 0. The first-order chi connectivity index (χ1) is 8.20. The van der Waals surface area contributed by atoms with E-state index in [0.29, 0.717) is 11.1 Å². The van der Waals surface area contributed by atoms with Crippen LogP contribution in [0.5, 0.6) is 0 Å². The summed E-state index contributed by atoms with van der Waals surface area (Å²) in [6.07, 6.45) is 2.29. The molecule has 0 saturated heterocycles. The van der Waals surface area contributed by atoms with Gasteiger partial charge in [-0.1, -0.05) is 24.3 Å². The first-order valence-electron chi connectivity index (χ1n) is 5.23. The number of pyridine rings is 1. The Hall–Kier alpha value is -2.29. The molecule has 3 nitrogen and oxygen atoms in total. The standard InChI is InChI=1S/C14H11NO2/c1-10(17)12-3-5-13(6-4-12)14-7-2-11(9-16)8-15-14/h2-9H,1H3. The molecule has 0 fully saturated rings. The Morgan fingerprint density at radius 3 is 2.29 bits per heavy atom. The minimum atomic E-state index is 0.0424. The van der Waals surface area contributed by atoms with Crippen molar-refractivity contribution in [2.24, 2.45) is 0 Å². The summed E-state index contributed by atoms with van der Waals surface area (Å²) in [6, 6.07) is 10.7. The number of aldehydes is 1. The third-order valence-corrected chi connectivity index (χ3v) is 2.51. The molecule has 2 rings (SSSR count). The second-order valence-electron chi connectivity index (χ2n) is 3.73. The average Bonchev–Trinajstić information content (AvgIpc) is 2.39. The lowest BCUT2D eigenvalue weighted by molar-refractivity contribution is 0.101. The van der Waals surface area contributed by atoms with E-state index in [2.05, 4.69) is 4.98 Å². The third-order valence-electron chi connectivity index (χ3n) is 2.51. The zero-order valence-corrected chi connectivity index (χ0v) is 9.38. The number of nitrogens with zero attached hydrogens (tertiary/aromatic N) is 1. The number of ketones is 1. The molecule has 0 N–H and O–H groups in total. The maximum Gasteiger partial charge on any atom is 0.159 e. The van der Waals surface area contributed by atoms with Crippen molar-refractivity contribution in [2.45, 2.75) is 6.92 Å². The zero-order valence-electron chi connectivity index (χ0n) is 9.38. The normalized spacial score (nSPS) is 9.94. The van der Waals surface area contributed by atoms with Gasteiger partial charge < -0.3 is 0 Å². The van der Waals surface area contributed by atoms with Gasteiger partial charge in [-0.05, 0) is 19.1 Å². The van der Waals surface area contributed by atoms with E-state index in [0.717, 1.165) is 17.5 Å². The Morgan fingerprint density at radius 2 is 1.82 bits per heavy atom. The summed E-state index contributed by atoms with van der Waals surface area (Å²) in [5.41, 5.74) is 2.94. The Balaban J connectivity index is 2.32. The van der Waals surface area contributed by atoms with E-state index >= 15 is 0 Å². The molecule has 0 unspecified atom stereocenters. The van der Waals surface area contributed by atoms with Crippen molar-refractivity contribution in [3.05, 3.63) is 53.7 Å². The summed E-state index contributed by atoms with van der Waals surface area (Å²) >= 11 is 0. The summed E-state index contributed by atoms with van der Waals surface area (Å²) in [5.74, 6) is 0.0424. The summed E-state index contributed by atoms with van der Waals surface area (Å²) in [6.45, 7) is 1.53. The van der Waals surface area contributed by atoms with Crippen molar-refractivity contribution < 1.29 is 9.59 Å². The van der Waals surface area contributed by atoms with Crippen molar-refractivity contribution in [2.75, 3.05) is 0 Å². The number of rotatable bonds is 3. The van der Waals surface area contributed by atoms with Gasteiger partial charge >= 0.3 is 0 Å². The van der Waals surface area contributed by atoms with Gasteiger partial charge in [-0.25, -0.2) is 0 Å². The van der Waals surface area contributed by atoms with Crippen molar-refractivity contribution in [1.82, 2.24) is 4.98 Å². The van der Waals surface area contributed by atoms with E-state index in [1.807, 2.05) is 12.1 Å². The van der Waals surface area contributed by atoms with E-state index in [1.54, 1.807) is 24.3 Å². The van der Waals surface area contributed by atoms with E-state index in [9.17, 15) is 9.59 Å². The number of hydrogen-bond acceptors (Lipinski definition) is 3. The molecule has 0 aliphatic heterocycles. The van der Waals surface area contributed by atoms with Crippen molar-refractivity contribution in [3.8, 4) is 11.3 Å². The molecule has 1 heterocycles. The molecule has 1 aromatic carbocycles. The average molecular weight is 225 g/mol. The number of aromatic nitrogens is 1. The van der Waals surface area contributed by atoms with E-state index < -0.39 is 0 Å². The highest BCUT2D eigenvalue weighted by atomic mass is 16.1. The second-order valence-corrected chi connectivity index (χ2v) is 3.73. The smallest absolute Gasteiger partial charge is 0.159 e. The predicted molar refractivity (Wildman–Crippen MR) is 65.1 cm³/mol.